The number of benzene rings is 1. The number of hydrogen-bond donors (Lipinski definition) is 1. The lowest BCUT2D eigenvalue weighted by Gasteiger charge is -2.17. The highest BCUT2D eigenvalue weighted by Gasteiger charge is 2.22. The summed E-state index contributed by atoms with van der Waals surface area (Å²) in [5.74, 6) is 0.502. The number of para-hydroxylation sites is 1. The first kappa shape index (κ1) is 15.3. The van der Waals surface area contributed by atoms with E-state index in [9.17, 15) is 4.79 Å². The zero-order valence-electron chi connectivity index (χ0n) is 13.1. The lowest BCUT2D eigenvalue weighted by Crippen LogP contribution is -2.25. The molecule has 122 valence electrons. The number of halogens is 1. The number of anilines is 2. The number of fused-ring (bicyclic) bond motifs is 1. The van der Waals surface area contributed by atoms with Crippen LogP contribution in [0.4, 0.5) is 11.6 Å². The van der Waals surface area contributed by atoms with Gasteiger partial charge in [-0.1, -0.05) is 31.0 Å². The third-order valence-corrected chi connectivity index (χ3v) is 5.02. The van der Waals surface area contributed by atoms with Crippen molar-refractivity contribution < 1.29 is 0 Å². The van der Waals surface area contributed by atoms with Gasteiger partial charge in [0.1, 0.15) is 5.65 Å². The van der Waals surface area contributed by atoms with Gasteiger partial charge in [0, 0.05) is 23.3 Å². The van der Waals surface area contributed by atoms with E-state index in [1.165, 1.54) is 0 Å². The van der Waals surface area contributed by atoms with Crippen LogP contribution in [0.25, 0.3) is 11.0 Å². The van der Waals surface area contributed by atoms with Crippen LogP contribution in [-0.4, -0.2) is 14.5 Å². The quantitative estimate of drug-likeness (QED) is 0.726. The van der Waals surface area contributed by atoms with Crippen molar-refractivity contribution in [3.8, 4) is 0 Å². The summed E-state index contributed by atoms with van der Waals surface area (Å²) in [4.78, 5) is 21.7. The number of aromatic nitrogens is 3. The summed E-state index contributed by atoms with van der Waals surface area (Å²) in [6, 6.07) is 11.8. The molecule has 24 heavy (non-hydrogen) atoms. The Labute approximate surface area is 147 Å². The van der Waals surface area contributed by atoms with Crippen molar-refractivity contribution in [3.05, 3.63) is 57.4 Å². The summed E-state index contributed by atoms with van der Waals surface area (Å²) in [6.45, 7) is 0. The molecule has 0 saturated heterocycles. The predicted molar refractivity (Wildman–Crippen MR) is 98.7 cm³/mol. The van der Waals surface area contributed by atoms with Crippen LogP contribution in [0, 0.1) is 0 Å². The second kappa shape index (κ2) is 6.36. The molecule has 0 amide bonds. The van der Waals surface area contributed by atoms with Gasteiger partial charge in [0.15, 0.2) is 0 Å². The van der Waals surface area contributed by atoms with Crippen molar-refractivity contribution in [2.45, 2.75) is 31.7 Å². The summed E-state index contributed by atoms with van der Waals surface area (Å²) < 4.78 is 2.40. The molecule has 5 nitrogen and oxygen atoms in total. The highest BCUT2D eigenvalue weighted by Crippen LogP contribution is 2.31. The Morgan fingerprint density at radius 2 is 1.92 bits per heavy atom. The summed E-state index contributed by atoms with van der Waals surface area (Å²) >= 11 is 3.38. The van der Waals surface area contributed by atoms with E-state index in [0.29, 0.717) is 16.1 Å². The van der Waals surface area contributed by atoms with Gasteiger partial charge in [-0.25, -0.2) is 4.98 Å². The lowest BCUT2D eigenvalue weighted by molar-refractivity contribution is 0.514. The first-order valence-electron chi connectivity index (χ1n) is 8.12. The van der Waals surface area contributed by atoms with E-state index in [-0.39, 0.29) is 11.6 Å². The minimum absolute atomic E-state index is 0.0150. The molecule has 0 atom stereocenters. The normalized spacial score (nSPS) is 15.0. The highest BCUT2D eigenvalue weighted by molar-refractivity contribution is 9.10. The third-order valence-electron chi connectivity index (χ3n) is 4.45. The number of pyridine rings is 1. The molecule has 0 bridgehead atoms. The molecular weight excluding hydrogens is 368 g/mol. The SMILES string of the molecule is O=c1c(Br)cc2cnc(Nc3ccccc3)nc2n1C1CCCC1. The Balaban J connectivity index is 1.84. The van der Waals surface area contributed by atoms with Crippen molar-refractivity contribution in [2.24, 2.45) is 0 Å². The first-order chi connectivity index (χ1) is 11.7. The maximum absolute atomic E-state index is 12.7. The van der Waals surface area contributed by atoms with E-state index < -0.39 is 0 Å². The van der Waals surface area contributed by atoms with E-state index in [1.807, 2.05) is 34.9 Å². The van der Waals surface area contributed by atoms with E-state index in [1.54, 1.807) is 12.3 Å². The van der Waals surface area contributed by atoms with Gasteiger partial charge in [0.25, 0.3) is 5.56 Å². The fourth-order valence-electron chi connectivity index (χ4n) is 3.30. The number of nitrogens with zero attached hydrogens (tertiary/aromatic N) is 3. The minimum Gasteiger partial charge on any atom is -0.324 e. The average molecular weight is 385 g/mol. The average Bonchev–Trinajstić information content (AvgIpc) is 3.11. The van der Waals surface area contributed by atoms with Crippen molar-refractivity contribution in [3.63, 3.8) is 0 Å². The van der Waals surface area contributed by atoms with E-state index in [2.05, 4.69) is 31.2 Å². The summed E-state index contributed by atoms with van der Waals surface area (Å²) in [7, 11) is 0. The number of hydrogen-bond acceptors (Lipinski definition) is 4. The molecule has 0 unspecified atom stereocenters. The maximum Gasteiger partial charge on any atom is 0.266 e. The molecule has 0 aliphatic heterocycles. The Morgan fingerprint density at radius 3 is 2.67 bits per heavy atom. The molecule has 1 fully saturated rings. The largest absolute Gasteiger partial charge is 0.324 e. The summed E-state index contributed by atoms with van der Waals surface area (Å²) in [5, 5.41) is 4.07. The lowest BCUT2D eigenvalue weighted by atomic mass is 10.2. The van der Waals surface area contributed by atoms with Gasteiger partial charge in [-0.05, 0) is 47.0 Å². The smallest absolute Gasteiger partial charge is 0.266 e. The fourth-order valence-corrected chi connectivity index (χ4v) is 3.74. The predicted octanol–water partition coefficient (Wildman–Crippen LogP) is 4.41. The number of rotatable bonds is 3. The highest BCUT2D eigenvalue weighted by atomic mass is 79.9. The topological polar surface area (TPSA) is 59.8 Å². The molecule has 3 aromatic rings. The number of nitrogens with one attached hydrogen (secondary N) is 1. The van der Waals surface area contributed by atoms with Gasteiger partial charge >= 0.3 is 0 Å². The molecule has 4 rings (SSSR count). The molecule has 2 heterocycles. The molecule has 6 heteroatoms. The van der Waals surface area contributed by atoms with Crippen molar-refractivity contribution in [1.29, 1.82) is 0 Å². The summed E-state index contributed by atoms with van der Waals surface area (Å²) in [6.07, 6.45) is 6.13. The first-order valence-corrected chi connectivity index (χ1v) is 8.91. The van der Waals surface area contributed by atoms with Crippen LogP contribution in [0.15, 0.2) is 51.9 Å². The van der Waals surface area contributed by atoms with Crippen molar-refractivity contribution in [1.82, 2.24) is 14.5 Å². The second-order valence-corrected chi connectivity index (χ2v) is 6.92. The Morgan fingerprint density at radius 1 is 1.17 bits per heavy atom. The van der Waals surface area contributed by atoms with Crippen LogP contribution in [-0.2, 0) is 0 Å². The van der Waals surface area contributed by atoms with Crippen LogP contribution in [0.1, 0.15) is 31.7 Å². The van der Waals surface area contributed by atoms with Crippen LogP contribution in [0.3, 0.4) is 0 Å². The Hall–Kier alpha value is -2.21. The van der Waals surface area contributed by atoms with Crippen molar-refractivity contribution >= 4 is 38.6 Å². The maximum atomic E-state index is 12.7. The standard InChI is InChI=1S/C18H17BrN4O/c19-15-10-12-11-20-18(21-13-6-2-1-3-7-13)22-16(12)23(17(15)24)14-8-4-5-9-14/h1-3,6-7,10-11,14H,4-5,8-9H2,(H,20,21,22). The van der Waals surface area contributed by atoms with Gasteiger partial charge in [-0.3, -0.25) is 9.36 Å². The minimum atomic E-state index is -0.0150. The van der Waals surface area contributed by atoms with E-state index >= 15 is 0 Å². The van der Waals surface area contributed by atoms with Gasteiger partial charge in [0.05, 0.1) is 4.47 Å². The van der Waals surface area contributed by atoms with Crippen LogP contribution in [0.5, 0.6) is 0 Å². The van der Waals surface area contributed by atoms with E-state index in [0.717, 1.165) is 36.8 Å². The van der Waals surface area contributed by atoms with Gasteiger partial charge in [-0.15, -0.1) is 0 Å². The zero-order chi connectivity index (χ0) is 16.5. The molecule has 1 aliphatic rings. The summed E-state index contributed by atoms with van der Waals surface area (Å²) in [5.41, 5.74) is 1.60. The molecule has 1 saturated carbocycles. The fraction of sp³-hybridized carbons (Fsp3) is 0.278. The molecule has 0 radical (unpaired) electrons. The molecule has 2 aromatic heterocycles. The van der Waals surface area contributed by atoms with Crippen LogP contribution >= 0.6 is 15.9 Å². The molecular formula is C18H17BrN4O. The Kier molecular flexibility index (Phi) is 4.06. The van der Waals surface area contributed by atoms with Crippen LogP contribution in [0.2, 0.25) is 0 Å². The van der Waals surface area contributed by atoms with Gasteiger partial charge in [-0.2, -0.15) is 4.98 Å². The second-order valence-electron chi connectivity index (χ2n) is 6.07. The molecule has 1 aliphatic carbocycles. The zero-order valence-corrected chi connectivity index (χ0v) is 14.7. The van der Waals surface area contributed by atoms with Crippen LogP contribution < -0.4 is 10.9 Å². The van der Waals surface area contributed by atoms with Gasteiger partial charge < -0.3 is 5.32 Å². The molecule has 1 N–H and O–H groups in total. The van der Waals surface area contributed by atoms with Crippen molar-refractivity contribution in [2.75, 3.05) is 5.32 Å². The van der Waals surface area contributed by atoms with Gasteiger partial charge in [0.2, 0.25) is 5.95 Å². The van der Waals surface area contributed by atoms with E-state index in [4.69, 9.17) is 0 Å². The third kappa shape index (κ3) is 2.82. The Bertz CT molecular complexity index is 933. The monoisotopic (exact) mass is 384 g/mol. The molecule has 0 spiro atoms. The molecule has 1 aromatic carbocycles.